The third-order valence-electron chi connectivity index (χ3n) is 3.53. The van der Waals surface area contributed by atoms with Gasteiger partial charge in [-0.25, -0.2) is 4.98 Å². The van der Waals surface area contributed by atoms with Crippen molar-refractivity contribution >= 4 is 40.9 Å². The third kappa shape index (κ3) is 5.10. The molecule has 0 aliphatic carbocycles. The van der Waals surface area contributed by atoms with Gasteiger partial charge in [0.05, 0.1) is 33.5 Å². The molecule has 1 atom stereocenters. The number of ether oxygens (including phenoxy) is 1. The minimum atomic E-state index is -4.79. The van der Waals surface area contributed by atoms with Crippen molar-refractivity contribution < 1.29 is 22.7 Å². The Hall–Kier alpha value is -1.95. The van der Waals surface area contributed by atoms with E-state index in [1.165, 1.54) is 25.1 Å². The first-order chi connectivity index (χ1) is 13.1. The SMILES string of the molecule is CCOC(=O)C(C)Sc1nc(-c2ccc(Cl)c(Cl)c2)cc(C(F)(F)F)c1C#N. The number of nitriles is 1. The Labute approximate surface area is 173 Å². The summed E-state index contributed by atoms with van der Waals surface area (Å²) >= 11 is 12.5. The molecule has 10 heteroatoms. The topological polar surface area (TPSA) is 63.0 Å². The second-order valence-corrected chi connectivity index (χ2v) is 7.63. The zero-order valence-electron chi connectivity index (χ0n) is 14.6. The Bertz CT molecular complexity index is 946. The van der Waals surface area contributed by atoms with Gasteiger partial charge in [-0.15, -0.1) is 0 Å². The van der Waals surface area contributed by atoms with Crippen LogP contribution in [0.2, 0.25) is 10.0 Å². The van der Waals surface area contributed by atoms with E-state index in [0.29, 0.717) is 0 Å². The average Bonchev–Trinajstić information content (AvgIpc) is 2.62. The number of carbonyl (C=O) groups excluding carboxylic acids is 1. The molecule has 28 heavy (non-hydrogen) atoms. The van der Waals surface area contributed by atoms with Crippen LogP contribution < -0.4 is 0 Å². The van der Waals surface area contributed by atoms with Gasteiger partial charge in [0.2, 0.25) is 0 Å². The lowest BCUT2D eigenvalue weighted by Gasteiger charge is -2.16. The van der Waals surface area contributed by atoms with Gasteiger partial charge in [-0.2, -0.15) is 18.4 Å². The van der Waals surface area contributed by atoms with E-state index in [9.17, 15) is 23.2 Å². The van der Waals surface area contributed by atoms with Crippen molar-refractivity contribution in [3.63, 3.8) is 0 Å². The summed E-state index contributed by atoms with van der Waals surface area (Å²) < 4.78 is 45.5. The molecule has 0 fully saturated rings. The smallest absolute Gasteiger partial charge is 0.417 e. The summed E-state index contributed by atoms with van der Waals surface area (Å²) in [4.78, 5) is 16.0. The van der Waals surface area contributed by atoms with E-state index >= 15 is 0 Å². The minimum absolute atomic E-state index is 0.0524. The second-order valence-electron chi connectivity index (χ2n) is 5.49. The summed E-state index contributed by atoms with van der Waals surface area (Å²) in [6.07, 6.45) is -4.79. The molecule has 148 valence electrons. The largest absolute Gasteiger partial charge is 0.465 e. The molecule has 1 unspecified atom stereocenters. The van der Waals surface area contributed by atoms with Crippen LogP contribution >= 0.6 is 35.0 Å². The highest BCUT2D eigenvalue weighted by atomic mass is 35.5. The molecule has 0 amide bonds. The number of nitrogens with zero attached hydrogens (tertiary/aromatic N) is 2. The van der Waals surface area contributed by atoms with Gasteiger partial charge < -0.3 is 4.74 Å². The lowest BCUT2D eigenvalue weighted by molar-refractivity contribution is -0.142. The molecule has 0 bridgehead atoms. The molecule has 2 aromatic rings. The van der Waals surface area contributed by atoms with Gasteiger partial charge in [0.25, 0.3) is 0 Å². The Kier molecular flexibility index (Phi) is 7.21. The maximum absolute atomic E-state index is 13.5. The van der Waals surface area contributed by atoms with Gasteiger partial charge >= 0.3 is 12.1 Å². The van der Waals surface area contributed by atoms with E-state index in [0.717, 1.165) is 17.8 Å². The van der Waals surface area contributed by atoms with Crippen LogP contribution in [0, 0.1) is 11.3 Å². The molecule has 0 saturated heterocycles. The first kappa shape index (κ1) is 22.3. The molecule has 0 N–H and O–H groups in total. The standard InChI is InChI=1S/C18H13Cl2F3N2O2S/c1-3-27-17(26)9(2)28-16-11(8-24)12(18(21,22)23)7-15(25-16)10-4-5-13(19)14(20)6-10/h4-7,9H,3H2,1-2H3. The Morgan fingerprint density at radius 2 is 2.00 bits per heavy atom. The molecule has 1 aromatic heterocycles. The lowest BCUT2D eigenvalue weighted by atomic mass is 10.1. The number of alkyl halides is 3. The van der Waals surface area contributed by atoms with Crippen LogP contribution in [0.5, 0.6) is 0 Å². The van der Waals surface area contributed by atoms with Crippen LogP contribution in [0.3, 0.4) is 0 Å². The number of benzene rings is 1. The number of thioether (sulfide) groups is 1. The highest BCUT2D eigenvalue weighted by Crippen LogP contribution is 2.39. The number of aromatic nitrogens is 1. The van der Waals surface area contributed by atoms with Crippen LogP contribution in [-0.4, -0.2) is 22.8 Å². The number of hydrogen-bond donors (Lipinski definition) is 0. The summed E-state index contributed by atoms with van der Waals surface area (Å²) in [5.41, 5.74) is -1.57. The summed E-state index contributed by atoms with van der Waals surface area (Å²) in [7, 11) is 0. The van der Waals surface area contributed by atoms with Crippen molar-refractivity contribution in [2.75, 3.05) is 6.61 Å². The van der Waals surface area contributed by atoms with Gasteiger partial charge in [-0.05, 0) is 32.0 Å². The average molecular weight is 449 g/mol. The van der Waals surface area contributed by atoms with Crippen molar-refractivity contribution in [3.8, 4) is 17.3 Å². The monoisotopic (exact) mass is 448 g/mol. The summed E-state index contributed by atoms with van der Waals surface area (Å²) in [5.74, 6) is -0.619. The van der Waals surface area contributed by atoms with Gasteiger partial charge in [0, 0.05) is 5.56 Å². The Balaban J connectivity index is 2.63. The van der Waals surface area contributed by atoms with Crippen molar-refractivity contribution in [1.29, 1.82) is 5.26 Å². The van der Waals surface area contributed by atoms with Gasteiger partial charge in [-0.1, -0.05) is 41.0 Å². The van der Waals surface area contributed by atoms with Crippen LogP contribution in [0.1, 0.15) is 25.0 Å². The highest BCUT2D eigenvalue weighted by Gasteiger charge is 2.36. The predicted molar refractivity (Wildman–Crippen MR) is 101 cm³/mol. The molecular weight excluding hydrogens is 436 g/mol. The van der Waals surface area contributed by atoms with Gasteiger partial charge in [0.1, 0.15) is 16.3 Å². The number of esters is 1. The van der Waals surface area contributed by atoms with Crippen molar-refractivity contribution in [2.45, 2.75) is 30.3 Å². The minimum Gasteiger partial charge on any atom is -0.465 e. The fourth-order valence-corrected chi connectivity index (χ4v) is 3.44. The fraction of sp³-hybridized carbons (Fsp3) is 0.278. The highest BCUT2D eigenvalue weighted by molar-refractivity contribution is 8.00. The summed E-state index contributed by atoms with van der Waals surface area (Å²) in [6, 6.07) is 6.59. The number of rotatable bonds is 5. The lowest BCUT2D eigenvalue weighted by Crippen LogP contribution is -2.18. The zero-order chi connectivity index (χ0) is 21.1. The molecule has 0 radical (unpaired) electrons. The van der Waals surface area contributed by atoms with Crippen LogP contribution in [0.15, 0.2) is 29.3 Å². The van der Waals surface area contributed by atoms with Crippen LogP contribution in [0.4, 0.5) is 13.2 Å². The molecule has 2 rings (SSSR count). The molecule has 4 nitrogen and oxygen atoms in total. The number of hydrogen-bond acceptors (Lipinski definition) is 5. The molecule has 0 aliphatic heterocycles. The first-order valence-corrected chi connectivity index (χ1v) is 9.53. The maximum atomic E-state index is 13.5. The fourth-order valence-electron chi connectivity index (χ4n) is 2.22. The zero-order valence-corrected chi connectivity index (χ0v) is 16.9. The maximum Gasteiger partial charge on any atom is 0.417 e. The number of carbonyl (C=O) groups is 1. The molecule has 0 spiro atoms. The van der Waals surface area contributed by atoms with Crippen LogP contribution in [-0.2, 0) is 15.7 Å². The van der Waals surface area contributed by atoms with Crippen molar-refractivity contribution in [1.82, 2.24) is 4.98 Å². The van der Waals surface area contributed by atoms with E-state index in [1.54, 1.807) is 13.0 Å². The Morgan fingerprint density at radius 3 is 2.54 bits per heavy atom. The van der Waals surface area contributed by atoms with Crippen molar-refractivity contribution in [3.05, 3.63) is 45.4 Å². The predicted octanol–water partition coefficient (Wildman–Crippen LogP) is 5.99. The van der Waals surface area contributed by atoms with Crippen molar-refractivity contribution in [2.24, 2.45) is 0 Å². The molecule has 1 heterocycles. The number of pyridine rings is 1. The number of halogens is 5. The van der Waals surface area contributed by atoms with Gasteiger partial charge in [0.15, 0.2) is 0 Å². The normalized spacial score (nSPS) is 12.4. The van der Waals surface area contributed by atoms with E-state index in [1.807, 2.05) is 0 Å². The summed E-state index contributed by atoms with van der Waals surface area (Å²) in [5, 5.41) is 8.60. The van der Waals surface area contributed by atoms with E-state index in [4.69, 9.17) is 27.9 Å². The van der Waals surface area contributed by atoms with E-state index in [-0.39, 0.29) is 32.9 Å². The molecule has 0 saturated carbocycles. The molecule has 0 aliphatic rings. The summed E-state index contributed by atoms with van der Waals surface area (Å²) in [6.45, 7) is 3.20. The van der Waals surface area contributed by atoms with Gasteiger partial charge in [-0.3, -0.25) is 4.79 Å². The van der Waals surface area contributed by atoms with Crippen LogP contribution in [0.25, 0.3) is 11.3 Å². The molecular formula is C18H13Cl2F3N2O2S. The van der Waals surface area contributed by atoms with E-state index < -0.39 is 28.5 Å². The third-order valence-corrected chi connectivity index (χ3v) is 5.33. The first-order valence-electron chi connectivity index (χ1n) is 7.89. The molecule has 1 aromatic carbocycles. The quantitative estimate of drug-likeness (QED) is 0.415. The van der Waals surface area contributed by atoms with E-state index in [2.05, 4.69) is 4.98 Å². The Morgan fingerprint density at radius 1 is 1.32 bits per heavy atom. The second kappa shape index (κ2) is 9.03.